The molecule has 0 unspecified atom stereocenters. The predicted molar refractivity (Wildman–Crippen MR) is 78.7 cm³/mol. The monoisotopic (exact) mass is 284 g/mol. The quantitative estimate of drug-likeness (QED) is 0.597. The van der Waals surface area contributed by atoms with Crippen LogP contribution in [0.5, 0.6) is 0 Å². The molecule has 20 heavy (non-hydrogen) atoms. The van der Waals surface area contributed by atoms with Crippen molar-refractivity contribution in [2.45, 2.75) is 25.7 Å². The van der Waals surface area contributed by atoms with E-state index >= 15 is 0 Å². The number of aliphatic imine (C=N–C) groups is 1. The normalized spacial score (nSPS) is 13.7. The topological polar surface area (TPSA) is 83.0 Å². The van der Waals surface area contributed by atoms with Gasteiger partial charge in [-0.05, 0) is 25.7 Å². The molecule has 0 spiro atoms. The van der Waals surface area contributed by atoms with Gasteiger partial charge < -0.3 is 20.3 Å². The highest BCUT2D eigenvalue weighted by molar-refractivity contribution is 5.78. The molecule has 1 aliphatic carbocycles. The van der Waals surface area contributed by atoms with Crippen molar-refractivity contribution >= 4 is 18.5 Å². The first-order valence-corrected chi connectivity index (χ1v) is 6.46. The summed E-state index contributed by atoms with van der Waals surface area (Å²) in [6.45, 7) is 0. The van der Waals surface area contributed by atoms with Crippen molar-refractivity contribution in [3.05, 3.63) is 11.8 Å². The van der Waals surface area contributed by atoms with E-state index in [0.717, 1.165) is 18.5 Å². The number of carbonyl (C=O) groups is 2. The summed E-state index contributed by atoms with van der Waals surface area (Å²) < 4.78 is 4.24. The second-order valence-electron chi connectivity index (χ2n) is 4.36. The highest BCUT2D eigenvalue weighted by Gasteiger charge is 2.04. The molecule has 0 aliphatic heterocycles. The molecule has 0 aromatic rings. The zero-order valence-electron chi connectivity index (χ0n) is 12.6. The molecular weight excluding hydrogens is 260 g/mol. The van der Waals surface area contributed by atoms with Gasteiger partial charge in [-0.25, -0.2) is 9.59 Å². The Bertz CT molecular complexity index is 365. The predicted octanol–water partition coefficient (Wildman–Crippen LogP) is 1.72. The molecule has 114 valence electrons. The van der Waals surface area contributed by atoms with Crippen molar-refractivity contribution in [2.24, 2.45) is 4.99 Å². The summed E-state index contributed by atoms with van der Waals surface area (Å²) in [5, 5.41) is 5.30. The third-order valence-electron chi connectivity index (χ3n) is 2.36. The van der Waals surface area contributed by atoms with Crippen LogP contribution >= 0.6 is 0 Å². The van der Waals surface area contributed by atoms with Crippen LogP contribution < -0.4 is 10.6 Å². The molecule has 0 saturated carbocycles. The lowest BCUT2D eigenvalue weighted by atomic mass is 10.1. The Morgan fingerprint density at radius 2 is 2.10 bits per heavy atom. The molecule has 0 bridgehead atoms. The van der Waals surface area contributed by atoms with E-state index in [1.807, 2.05) is 0 Å². The van der Waals surface area contributed by atoms with Crippen molar-refractivity contribution in [1.29, 1.82) is 0 Å². The SMILES string of the molecule is CNC(=O)NC1=CCCCC1.COC(=O)N=CN(C)C. The number of nitrogens with one attached hydrogen (secondary N) is 2. The first-order chi connectivity index (χ1) is 9.49. The summed E-state index contributed by atoms with van der Waals surface area (Å²) in [6, 6.07) is -0.113. The first-order valence-electron chi connectivity index (χ1n) is 6.46. The summed E-state index contributed by atoms with van der Waals surface area (Å²) in [7, 11) is 6.45. The molecule has 2 N–H and O–H groups in total. The Labute approximate surface area is 120 Å². The van der Waals surface area contributed by atoms with Crippen molar-refractivity contribution in [2.75, 3.05) is 28.3 Å². The maximum atomic E-state index is 10.8. The largest absolute Gasteiger partial charge is 0.451 e. The standard InChI is InChI=1S/C8H14N2O.C5H10N2O2/c1-9-8(11)10-7-5-3-2-4-6-7;1-7(2)4-6-5(8)9-3/h5H,2-4,6H2,1H3,(H2,9,10,11);4H,1-3H3. The smallest absolute Gasteiger partial charge is 0.434 e. The molecular formula is C13H24N4O3. The number of ether oxygens (including phenoxy) is 1. The highest BCUT2D eigenvalue weighted by Crippen LogP contribution is 2.14. The summed E-state index contributed by atoms with van der Waals surface area (Å²) in [4.78, 5) is 26.1. The van der Waals surface area contributed by atoms with Gasteiger partial charge in [-0.15, -0.1) is 0 Å². The third-order valence-corrected chi connectivity index (χ3v) is 2.36. The van der Waals surface area contributed by atoms with E-state index in [1.165, 1.54) is 26.3 Å². The molecule has 1 rings (SSSR count). The zero-order chi connectivity index (χ0) is 15.4. The van der Waals surface area contributed by atoms with Crippen molar-refractivity contribution in [1.82, 2.24) is 15.5 Å². The van der Waals surface area contributed by atoms with Crippen LogP contribution in [0, 0.1) is 0 Å². The molecule has 0 fully saturated rings. The minimum Gasteiger partial charge on any atom is -0.451 e. The van der Waals surface area contributed by atoms with Crippen LogP contribution in [0.25, 0.3) is 0 Å². The Morgan fingerprint density at radius 1 is 1.40 bits per heavy atom. The lowest BCUT2D eigenvalue weighted by Crippen LogP contribution is -2.32. The molecule has 0 heterocycles. The van der Waals surface area contributed by atoms with Crippen molar-refractivity contribution in [3.8, 4) is 0 Å². The fourth-order valence-electron chi connectivity index (χ4n) is 1.38. The maximum absolute atomic E-state index is 10.8. The lowest BCUT2D eigenvalue weighted by molar-refractivity contribution is 0.182. The lowest BCUT2D eigenvalue weighted by Gasteiger charge is -2.12. The van der Waals surface area contributed by atoms with E-state index in [9.17, 15) is 9.59 Å². The molecule has 7 nitrogen and oxygen atoms in total. The van der Waals surface area contributed by atoms with Crippen LogP contribution in [0.2, 0.25) is 0 Å². The number of hydrogen-bond donors (Lipinski definition) is 2. The van der Waals surface area contributed by atoms with Gasteiger partial charge in [0.15, 0.2) is 0 Å². The number of rotatable bonds is 2. The third kappa shape index (κ3) is 9.93. The maximum Gasteiger partial charge on any atom is 0.434 e. The van der Waals surface area contributed by atoms with Crippen molar-refractivity contribution < 1.29 is 14.3 Å². The van der Waals surface area contributed by atoms with Gasteiger partial charge in [-0.1, -0.05) is 6.08 Å². The second kappa shape index (κ2) is 10.8. The zero-order valence-corrected chi connectivity index (χ0v) is 12.6. The van der Waals surface area contributed by atoms with Crippen molar-refractivity contribution in [3.63, 3.8) is 0 Å². The Kier molecular flexibility index (Phi) is 9.72. The molecule has 7 heteroatoms. The minimum atomic E-state index is -0.580. The van der Waals surface area contributed by atoms with Crippen LogP contribution in [-0.2, 0) is 4.74 Å². The van der Waals surface area contributed by atoms with Gasteiger partial charge in [0, 0.05) is 26.8 Å². The van der Waals surface area contributed by atoms with E-state index in [4.69, 9.17) is 0 Å². The van der Waals surface area contributed by atoms with Gasteiger partial charge in [0.1, 0.15) is 0 Å². The Morgan fingerprint density at radius 3 is 2.55 bits per heavy atom. The average molecular weight is 284 g/mol. The molecule has 0 radical (unpaired) electrons. The van der Waals surface area contributed by atoms with E-state index < -0.39 is 6.09 Å². The molecule has 1 aliphatic rings. The van der Waals surface area contributed by atoms with Gasteiger partial charge in [0.2, 0.25) is 0 Å². The molecule has 0 aromatic carbocycles. The number of amides is 3. The second-order valence-corrected chi connectivity index (χ2v) is 4.36. The Hall–Kier alpha value is -2.05. The average Bonchev–Trinajstić information content (AvgIpc) is 2.46. The fourth-order valence-corrected chi connectivity index (χ4v) is 1.38. The van der Waals surface area contributed by atoms with Gasteiger partial charge in [0.25, 0.3) is 0 Å². The van der Waals surface area contributed by atoms with Gasteiger partial charge in [-0.2, -0.15) is 4.99 Å². The molecule has 3 amide bonds. The van der Waals surface area contributed by atoms with Gasteiger partial charge in [-0.3, -0.25) is 0 Å². The summed E-state index contributed by atoms with van der Waals surface area (Å²) in [5.74, 6) is 0. The molecule has 0 saturated heterocycles. The highest BCUT2D eigenvalue weighted by atomic mass is 16.5. The van der Waals surface area contributed by atoms with Gasteiger partial charge in [0.05, 0.1) is 13.4 Å². The van der Waals surface area contributed by atoms with Crippen LogP contribution in [0.3, 0.4) is 0 Å². The summed E-state index contributed by atoms with van der Waals surface area (Å²) >= 11 is 0. The molecule has 0 aromatic heterocycles. The van der Waals surface area contributed by atoms with E-state index in [1.54, 1.807) is 26.0 Å². The van der Waals surface area contributed by atoms with Crippen LogP contribution in [0.15, 0.2) is 16.8 Å². The number of hydrogen-bond acceptors (Lipinski definition) is 3. The number of urea groups is 1. The summed E-state index contributed by atoms with van der Waals surface area (Å²) in [5.41, 5.74) is 1.07. The Balaban J connectivity index is 0.000000370. The summed E-state index contributed by atoms with van der Waals surface area (Å²) in [6.07, 6.45) is 7.44. The molecule has 0 atom stereocenters. The number of carbonyl (C=O) groups excluding carboxylic acids is 2. The first kappa shape index (κ1) is 17.9. The van der Waals surface area contributed by atoms with Crippen LogP contribution in [0.1, 0.15) is 25.7 Å². The van der Waals surface area contributed by atoms with E-state index in [0.29, 0.717) is 0 Å². The van der Waals surface area contributed by atoms with E-state index in [2.05, 4.69) is 26.4 Å². The van der Waals surface area contributed by atoms with Crippen LogP contribution in [-0.4, -0.2) is 51.6 Å². The van der Waals surface area contributed by atoms with Crippen LogP contribution in [0.4, 0.5) is 9.59 Å². The van der Waals surface area contributed by atoms with Gasteiger partial charge >= 0.3 is 12.1 Å². The number of methoxy groups -OCH3 is 1. The number of allylic oxidation sites excluding steroid dienone is 2. The fraction of sp³-hybridized carbons (Fsp3) is 0.615. The minimum absolute atomic E-state index is 0.113. The van der Waals surface area contributed by atoms with E-state index in [-0.39, 0.29) is 6.03 Å². The number of nitrogens with zero attached hydrogens (tertiary/aromatic N) is 2.